The molecule has 1 heterocycles. The maximum Gasteiger partial charge on any atom is 0.258 e. The summed E-state index contributed by atoms with van der Waals surface area (Å²) in [6.45, 7) is 2.02. The predicted molar refractivity (Wildman–Crippen MR) is 97.0 cm³/mol. The molecule has 8 heteroatoms. The Morgan fingerprint density at radius 1 is 0.920 bits per heavy atom. The smallest absolute Gasteiger partial charge is 0.258 e. The summed E-state index contributed by atoms with van der Waals surface area (Å²) in [4.78, 5) is 12.1. The molecule has 0 atom stereocenters. The highest BCUT2D eigenvalue weighted by Gasteiger charge is 2.10. The summed E-state index contributed by atoms with van der Waals surface area (Å²) in [5.41, 5.74) is 19.5. The number of aliphatic imine (C=N–C) groups is 2. The maximum atomic E-state index is 5.60. The fourth-order valence-electron chi connectivity index (χ4n) is 2.13. The first-order valence-corrected chi connectivity index (χ1v) is 7.46. The number of rotatable bonds is 3. The van der Waals surface area contributed by atoms with E-state index in [2.05, 4.69) is 20.1 Å². The van der Waals surface area contributed by atoms with Crippen molar-refractivity contribution in [3.8, 4) is 22.8 Å². The molecule has 126 valence electrons. The van der Waals surface area contributed by atoms with E-state index in [0.29, 0.717) is 17.4 Å². The lowest BCUT2D eigenvalue weighted by Crippen LogP contribution is -2.26. The highest BCUT2D eigenvalue weighted by Crippen LogP contribution is 2.24. The topological polar surface area (TPSA) is 142 Å². The molecule has 0 amide bonds. The maximum absolute atomic E-state index is 5.60. The number of hydrogen-bond donors (Lipinski definition) is 3. The largest absolute Gasteiger partial charge is 0.370 e. The number of aromatic nitrogens is 2. The Bertz CT molecular complexity index is 920. The summed E-state index contributed by atoms with van der Waals surface area (Å²) in [7, 11) is 0. The van der Waals surface area contributed by atoms with Crippen molar-refractivity contribution in [2.75, 3.05) is 0 Å². The van der Waals surface area contributed by atoms with Crippen molar-refractivity contribution in [1.29, 1.82) is 0 Å². The van der Waals surface area contributed by atoms with Gasteiger partial charge < -0.3 is 21.7 Å². The lowest BCUT2D eigenvalue weighted by Gasteiger charge is -1.98. The molecule has 0 aliphatic carbocycles. The van der Waals surface area contributed by atoms with Crippen LogP contribution in [0.25, 0.3) is 22.8 Å². The molecule has 0 radical (unpaired) electrons. The highest BCUT2D eigenvalue weighted by atomic mass is 16.5. The summed E-state index contributed by atoms with van der Waals surface area (Å²) in [5, 5.41) is 4.02. The molecule has 0 unspecified atom stereocenters. The van der Waals surface area contributed by atoms with Crippen LogP contribution in [0.3, 0.4) is 0 Å². The monoisotopic (exact) mass is 335 g/mol. The van der Waals surface area contributed by atoms with Crippen LogP contribution in [0.2, 0.25) is 0 Å². The molecule has 8 nitrogen and oxygen atoms in total. The van der Waals surface area contributed by atoms with Gasteiger partial charge in [0.1, 0.15) is 0 Å². The van der Waals surface area contributed by atoms with Crippen LogP contribution in [0.15, 0.2) is 63.0 Å². The summed E-state index contributed by atoms with van der Waals surface area (Å²) >= 11 is 0. The Labute approximate surface area is 144 Å². The van der Waals surface area contributed by atoms with E-state index in [1.165, 1.54) is 5.56 Å². The molecule has 25 heavy (non-hydrogen) atoms. The molecule has 0 aliphatic rings. The Balaban J connectivity index is 1.81. The lowest BCUT2D eigenvalue weighted by atomic mass is 10.1. The SMILES string of the molecule is Cc1ccc(-c2noc(-c3ccc(N=C(N)N=C(N)N)cc3)n2)cc1. The normalized spacial score (nSPS) is 11.3. The number of benzene rings is 2. The van der Waals surface area contributed by atoms with E-state index in [1.807, 2.05) is 31.2 Å². The molecule has 0 saturated carbocycles. The van der Waals surface area contributed by atoms with Gasteiger partial charge >= 0.3 is 0 Å². The number of hydrogen-bond acceptors (Lipinski definition) is 4. The van der Waals surface area contributed by atoms with Crippen LogP contribution >= 0.6 is 0 Å². The van der Waals surface area contributed by atoms with Gasteiger partial charge in [0.2, 0.25) is 11.8 Å². The molecule has 2 aromatic carbocycles. The van der Waals surface area contributed by atoms with Crippen molar-refractivity contribution in [2.24, 2.45) is 27.2 Å². The van der Waals surface area contributed by atoms with E-state index in [1.54, 1.807) is 24.3 Å². The van der Waals surface area contributed by atoms with Gasteiger partial charge in [0.05, 0.1) is 5.69 Å². The van der Waals surface area contributed by atoms with Gasteiger partial charge in [-0.2, -0.15) is 9.98 Å². The van der Waals surface area contributed by atoms with Gasteiger partial charge in [-0.25, -0.2) is 4.99 Å². The molecule has 3 aromatic rings. The van der Waals surface area contributed by atoms with Gasteiger partial charge in [0.15, 0.2) is 5.96 Å². The minimum absolute atomic E-state index is 0.0211. The van der Waals surface area contributed by atoms with E-state index >= 15 is 0 Å². The van der Waals surface area contributed by atoms with Crippen LogP contribution in [-0.4, -0.2) is 22.1 Å². The van der Waals surface area contributed by atoms with E-state index in [4.69, 9.17) is 21.7 Å². The zero-order valence-electron chi connectivity index (χ0n) is 13.5. The molecule has 6 N–H and O–H groups in total. The molecule has 0 spiro atoms. The van der Waals surface area contributed by atoms with Crippen LogP contribution in [0.5, 0.6) is 0 Å². The van der Waals surface area contributed by atoms with Crippen LogP contribution in [0.4, 0.5) is 5.69 Å². The van der Waals surface area contributed by atoms with Gasteiger partial charge in [-0.15, -0.1) is 0 Å². The standard InChI is InChI=1S/C17H17N7O/c1-10-2-4-11(5-3-10)14-22-15(25-24-14)12-6-8-13(9-7-12)21-17(20)23-16(18)19/h2-9H,1H3,(H6,18,19,20,21,23). The zero-order valence-corrected chi connectivity index (χ0v) is 13.5. The Morgan fingerprint density at radius 2 is 1.56 bits per heavy atom. The molecule has 0 bridgehead atoms. The van der Waals surface area contributed by atoms with Crippen molar-refractivity contribution in [3.63, 3.8) is 0 Å². The second-order valence-corrected chi connectivity index (χ2v) is 5.34. The first-order chi connectivity index (χ1) is 12.0. The second kappa shape index (κ2) is 6.83. The first-order valence-electron chi connectivity index (χ1n) is 7.46. The first kappa shape index (κ1) is 16.2. The Kier molecular flexibility index (Phi) is 4.42. The molecule has 0 aliphatic heterocycles. The van der Waals surface area contributed by atoms with Gasteiger partial charge in [-0.3, -0.25) is 0 Å². The van der Waals surface area contributed by atoms with Crippen LogP contribution in [0.1, 0.15) is 5.56 Å². The fraction of sp³-hybridized carbons (Fsp3) is 0.0588. The number of guanidine groups is 2. The summed E-state index contributed by atoms with van der Waals surface area (Å²) in [5.74, 6) is 0.789. The van der Waals surface area contributed by atoms with Crippen molar-refractivity contribution < 1.29 is 4.52 Å². The average molecular weight is 335 g/mol. The third kappa shape index (κ3) is 3.99. The van der Waals surface area contributed by atoms with Crippen molar-refractivity contribution in [3.05, 3.63) is 54.1 Å². The Hall–Kier alpha value is -3.68. The molecular formula is C17H17N7O. The molecule has 0 saturated heterocycles. The quantitative estimate of drug-likeness (QED) is 0.493. The van der Waals surface area contributed by atoms with Gasteiger partial charge in [-0.1, -0.05) is 35.0 Å². The Morgan fingerprint density at radius 3 is 2.20 bits per heavy atom. The van der Waals surface area contributed by atoms with Crippen LogP contribution in [-0.2, 0) is 0 Å². The molecule has 1 aromatic heterocycles. The third-order valence-electron chi connectivity index (χ3n) is 3.34. The van der Waals surface area contributed by atoms with Gasteiger partial charge in [0.25, 0.3) is 5.89 Å². The second-order valence-electron chi connectivity index (χ2n) is 5.34. The van der Waals surface area contributed by atoms with Crippen molar-refractivity contribution in [2.45, 2.75) is 6.92 Å². The van der Waals surface area contributed by atoms with Gasteiger partial charge in [0, 0.05) is 11.1 Å². The van der Waals surface area contributed by atoms with Crippen LogP contribution < -0.4 is 17.2 Å². The zero-order chi connectivity index (χ0) is 17.8. The van der Waals surface area contributed by atoms with E-state index in [-0.39, 0.29) is 11.9 Å². The summed E-state index contributed by atoms with van der Waals surface area (Å²) < 4.78 is 5.33. The molecular weight excluding hydrogens is 318 g/mol. The van der Waals surface area contributed by atoms with Gasteiger partial charge in [-0.05, 0) is 31.2 Å². The highest BCUT2D eigenvalue weighted by molar-refractivity contribution is 5.93. The lowest BCUT2D eigenvalue weighted by molar-refractivity contribution is 0.432. The number of nitrogens with zero attached hydrogens (tertiary/aromatic N) is 4. The molecule has 0 fully saturated rings. The van der Waals surface area contributed by atoms with Crippen molar-refractivity contribution >= 4 is 17.6 Å². The summed E-state index contributed by atoms with van der Waals surface area (Å²) in [6, 6.07) is 15.0. The van der Waals surface area contributed by atoms with E-state index < -0.39 is 0 Å². The van der Waals surface area contributed by atoms with E-state index in [0.717, 1.165) is 11.1 Å². The van der Waals surface area contributed by atoms with Crippen molar-refractivity contribution in [1.82, 2.24) is 10.1 Å². The fourth-order valence-corrected chi connectivity index (χ4v) is 2.13. The third-order valence-corrected chi connectivity index (χ3v) is 3.34. The molecule has 3 rings (SSSR count). The minimum atomic E-state index is -0.146. The van der Waals surface area contributed by atoms with E-state index in [9.17, 15) is 0 Å². The average Bonchev–Trinajstić information content (AvgIpc) is 3.05. The van der Waals surface area contributed by atoms with Crippen LogP contribution in [0, 0.1) is 6.92 Å². The minimum Gasteiger partial charge on any atom is -0.370 e. The summed E-state index contributed by atoms with van der Waals surface area (Å²) in [6.07, 6.45) is 0. The number of aryl methyl sites for hydroxylation is 1. The number of nitrogens with two attached hydrogens (primary N) is 3. The predicted octanol–water partition coefficient (Wildman–Crippen LogP) is 1.93.